The number of hydrogen-bond acceptors (Lipinski definition) is 7. The fourth-order valence-electron chi connectivity index (χ4n) is 4.04. The lowest BCUT2D eigenvalue weighted by molar-refractivity contribution is -0.141. The van der Waals surface area contributed by atoms with Gasteiger partial charge in [0.1, 0.15) is 16.5 Å². The number of thiazole rings is 1. The number of alkyl carbamates (subject to hydrolysis) is 1. The molecule has 1 unspecified atom stereocenters. The molecule has 0 radical (unpaired) electrons. The molecule has 0 spiro atoms. The first kappa shape index (κ1) is 24.4. The van der Waals surface area contributed by atoms with Gasteiger partial charge < -0.3 is 25.6 Å². The Hall–Kier alpha value is -3.76. The van der Waals surface area contributed by atoms with Gasteiger partial charge >= 0.3 is 12.1 Å². The minimum Gasteiger partial charge on any atom is -0.481 e. The third-order valence-electron chi connectivity index (χ3n) is 5.67. The zero-order valence-electron chi connectivity index (χ0n) is 19.0. The zero-order valence-corrected chi connectivity index (χ0v) is 19.8. The Kier molecular flexibility index (Phi) is 7.13. The van der Waals surface area contributed by atoms with E-state index in [2.05, 4.69) is 27.8 Å². The second kappa shape index (κ2) is 10.2. The van der Waals surface area contributed by atoms with Crippen molar-refractivity contribution in [2.45, 2.75) is 31.4 Å². The number of fused-ring (bicyclic) bond motifs is 3. The first-order chi connectivity index (χ1) is 16.7. The summed E-state index contributed by atoms with van der Waals surface area (Å²) in [5, 5.41) is 24.4. The van der Waals surface area contributed by atoms with E-state index in [0.717, 1.165) is 33.6 Å². The van der Waals surface area contributed by atoms with Gasteiger partial charge in [0.15, 0.2) is 0 Å². The number of amides is 2. The van der Waals surface area contributed by atoms with Gasteiger partial charge in [0, 0.05) is 12.5 Å². The van der Waals surface area contributed by atoms with Crippen LogP contribution in [0.3, 0.4) is 0 Å². The van der Waals surface area contributed by atoms with Gasteiger partial charge in [0.25, 0.3) is 5.91 Å². The molecular weight excluding hydrogens is 470 g/mol. The molecule has 1 aliphatic rings. The van der Waals surface area contributed by atoms with Crippen LogP contribution in [0.5, 0.6) is 0 Å². The molecule has 1 heterocycles. The van der Waals surface area contributed by atoms with Crippen LogP contribution >= 0.6 is 11.3 Å². The quantitative estimate of drug-likeness (QED) is 0.358. The molecule has 9 nitrogen and oxygen atoms in total. The second-order valence-electron chi connectivity index (χ2n) is 8.55. The van der Waals surface area contributed by atoms with Crippen LogP contribution in [-0.2, 0) is 16.1 Å². The summed E-state index contributed by atoms with van der Waals surface area (Å²) < 4.78 is 5.50. The molecule has 4 N–H and O–H groups in total. The molecule has 1 atom stereocenters. The summed E-state index contributed by atoms with van der Waals surface area (Å²) in [5.74, 6) is -1.69. The van der Waals surface area contributed by atoms with Crippen LogP contribution in [-0.4, -0.2) is 51.9 Å². The Morgan fingerprint density at radius 1 is 1.06 bits per heavy atom. The summed E-state index contributed by atoms with van der Waals surface area (Å²) in [6.45, 7) is 1.40. The van der Waals surface area contributed by atoms with Crippen LogP contribution in [0.4, 0.5) is 4.79 Å². The van der Waals surface area contributed by atoms with Gasteiger partial charge in [-0.3, -0.25) is 9.59 Å². The van der Waals surface area contributed by atoms with Crippen molar-refractivity contribution in [3.05, 3.63) is 75.7 Å². The van der Waals surface area contributed by atoms with E-state index in [1.54, 1.807) is 0 Å². The highest BCUT2D eigenvalue weighted by atomic mass is 32.1. The van der Waals surface area contributed by atoms with Gasteiger partial charge in [0.2, 0.25) is 0 Å². The van der Waals surface area contributed by atoms with Crippen molar-refractivity contribution in [3.8, 4) is 11.1 Å². The van der Waals surface area contributed by atoms with Crippen molar-refractivity contribution < 1.29 is 29.3 Å². The highest BCUT2D eigenvalue weighted by Gasteiger charge is 2.29. The molecule has 10 heteroatoms. The number of aromatic nitrogens is 1. The number of carboxylic acid groups (broad SMARTS) is 1. The number of carboxylic acids is 1. The number of carbonyl (C=O) groups excluding carboxylic acids is 2. The van der Waals surface area contributed by atoms with Crippen LogP contribution in [0.25, 0.3) is 11.1 Å². The molecule has 2 amide bonds. The van der Waals surface area contributed by atoms with Crippen molar-refractivity contribution in [3.63, 3.8) is 0 Å². The van der Waals surface area contributed by atoms with E-state index in [0.29, 0.717) is 5.01 Å². The van der Waals surface area contributed by atoms with Crippen molar-refractivity contribution in [1.82, 2.24) is 15.6 Å². The minimum absolute atomic E-state index is 0.0401. The van der Waals surface area contributed by atoms with Crippen LogP contribution in [0.1, 0.15) is 45.1 Å². The highest BCUT2D eigenvalue weighted by Crippen LogP contribution is 2.44. The van der Waals surface area contributed by atoms with E-state index < -0.39 is 30.0 Å². The summed E-state index contributed by atoms with van der Waals surface area (Å²) in [6, 6.07) is 16.2. The molecule has 0 fully saturated rings. The van der Waals surface area contributed by atoms with Gasteiger partial charge in [-0.1, -0.05) is 48.5 Å². The molecule has 2 aromatic carbocycles. The van der Waals surface area contributed by atoms with Crippen LogP contribution < -0.4 is 10.6 Å². The van der Waals surface area contributed by atoms with Gasteiger partial charge in [-0.05, 0) is 29.2 Å². The average Bonchev–Trinajstić information content (AvgIpc) is 3.42. The molecule has 35 heavy (non-hydrogen) atoms. The lowest BCUT2D eigenvalue weighted by atomic mass is 9.98. The first-order valence-electron chi connectivity index (χ1n) is 11.0. The van der Waals surface area contributed by atoms with E-state index >= 15 is 0 Å². The monoisotopic (exact) mass is 495 g/mol. The SMILES string of the molecule is CC(O)(CNC(=O)c1cnc(CNC(=O)OCC2c3ccccc3-c3ccccc32)s1)CC(=O)O. The van der Waals surface area contributed by atoms with Gasteiger partial charge in [-0.2, -0.15) is 0 Å². The van der Waals surface area contributed by atoms with E-state index in [-0.39, 0.29) is 30.5 Å². The minimum atomic E-state index is -1.57. The summed E-state index contributed by atoms with van der Waals surface area (Å²) in [6.07, 6.45) is 0.282. The summed E-state index contributed by atoms with van der Waals surface area (Å²) in [4.78, 5) is 39.8. The molecule has 0 bridgehead atoms. The molecule has 182 valence electrons. The lowest BCUT2D eigenvalue weighted by Crippen LogP contribution is -2.41. The number of nitrogens with one attached hydrogen (secondary N) is 2. The first-order valence-corrected chi connectivity index (χ1v) is 11.8. The summed E-state index contributed by atoms with van der Waals surface area (Å²) in [7, 11) is 0. The highest BCUT2D eigenvalue weighted by molar-refractivity contribution is 7.13. The fraction of sp³-hybridized carbons (Fsp3) is 0.280. The Morgan fingerprint density at radius 3 is 2.31 bits per heavy atom. The Labute approximate surface area is 205 Å². The molecular formula is C25H25N3O6S. The topological polar surface area (TPSA) is 138 Å². The Balaban J connectivity index is 1.27. The Bertz CT molecular complexity index is 1210. The molecule has 1 aromatic heterocycles. The summed E-state index contributed by atoms with van der Waals surface area (Å²) >= 11 is 1.08. The maximum atomic E-state index is 12.3. The average molecular weight is 496 g/mol. The molecule has 3 aromatic rings. The Morgan fingerprint density at radius 2 is 1.69 bits per heavy atom. The number of benzene rings is 2. The number of nitrogens with zero attached hydrogens (tertiary/aromatic N) is 1. The number of aliphatic carboxylic acids is 1. The predicted octanol–water partition coefficient (Wildman–Crippen LogP) is 3.14. The standard InChI is InChI=1S/C25H25N3O6S/c1-25(33,10-22(29)30)14-28-23(31)20-11-26-21(35-20)12-27-24(32)34-13-19-17-8-4-2-6-15(17)16-7-3-5-9-18(16)19/h2-9,11,19,33H,10,12-14H2,1H3,(H,27,32)(H,28,31)(H,29,30). The lowest BCUT2D eigenvalue weighted by Gasteiger charge is -2.21. The van der Waals surface area contributed by atoms with Gasteiger partial charge in [0.05, 0.1) is 24.8 Å². The molecule has 0 saturated carbocycles. The van der Waals surface area contributed by atoms with E-state index in [4.69, 9.17) is 9.84 Å². The third kappa shape index (κ3) is 5.84. The van der Waals surface area contributed by atoms with E-state index in [9.17, 15) is 19.5 Å². The number of ether oxygens (including phenoxy) is 1. The van der Waals surface area contributed by atoms with Crippen molar-refractivity contribution in [2.75, 3.05) is 13.2 Å². The smallest absolute Gasteiger partial charge is 0.407 e. The normalized spacial score (nSPS) is 13.9. The molecule has 1 aliphatic carbocycles. The predicted molar refractivity (Wildman–Crippen MR) is 129 cm³/mol. The molecule has 0 saturated heterocycles. The van der Waals surface area contributed by atoms with E-state index in [1.807, 2.05) is 36.4 Å². The number of hydrogen-bond donors (Lipinski definition) is 4. The van der Waals surface area contributed by atoms with Crippen LogP contribution in [0, 0.1) is 0 Å². The zero-order chi connectivity index (χ0) is 25.0. The van der Waals surface area contributed by atoms with Gasteiger partial charge in [-0.25, -0.2) is 9.78 Å². The fourth-order valence-corrected chi connectivity index (χ4v) is 4.81. The van der Waals surface area contributed by atoms with E-state index in [1.165, 1.54) is 13.1 Å². The molecule has 4 rings (SSSR count). The number of carbonyl (C=O) groups is 3. The second-order valence-corrected chi connectivity index (χ2v) is 9.66. The van der Waals surface area contributed by atoms with Crippen molar-refractivity contribution in [1.29, 1.82) is 0 Å². The van der Waals surface area contributed by atoms with Gasteiger partial charge in [-0.15, -0.1) is 11.3 Å². The maximum absolute atomic E-state index is 12.3. The van der Waals surface area contributed by atoms with Crippen LogP contribution in [0.15, 0.2) is 54.7 Å². The largest absolute Gasteiger partial charge is 0.481 e. The van der Waals surface area contributed by atoms with Crippen molar-refractivity contribution >= 4 is 29.3 Å². The third-order valence-corrected chi connectivity index (χ3v) is 6.66. The number of aliphatic hydroxyl groups is 1. The summed E-state index contributed by atoms with van der Waals surface area (Å²) in [5.41, 5.74) is 2.98. The van der Waals surface area contributed by atoms with Crippen LogP contribution in [0.2, 0.25) is 0 Å². The maximum Gasteiger partial charge on any atom is 0.407 e. The number of rotatable bonds is 9. The molecule has 0 aliphatic heterocycles. The van der Waals surface area contributed by atoms with Crippen molar-refractivity contribution in [2.24, 2.45) is 0 Å².